The Kier molecular flexibility index (Phi) is 5.39. The number of carbonyl (C=O) groups excluding carboxylic acids is 2. The zero-order valence-corrected chi connectivity index (χ0v) is 21.0. The maximum atomic E-state index is 13.4. The van der Waals surface area contributed by atoms with E-state index in [2.05, 4.69) is 25.8 Å². The number of amides is 1. The number of likely N-dealkylation sites (N-methyl/N-ethyl adjacent to an activating group) is 1. The second kappa shape index (κ2) is 8.05. The molecule has 3 heterocycles. The van der Waals surface area contributed by atoms with Crippen molar-refractivity contribution in [3.8, 4) is 5.75 Å². The van der Waals surface area contributed by atoms with E-state index in [9.17, 15) is 14.4 Å². The van der Waals surface area contributed by atoms with Crippen LogP contribution < -0.4 is 15.2 Å². The van der Waals surface area contributed by atoms with Crippen molar-refractivity contribution in [2.24, 2.45) is 11.3 Å². The van der Waals surface area contributed by atoms with Gasteiger partial charge in [0.05, 0.1) is 23.9 Å². The van der Waals surface area contributed by atoms with Gasteiger partial charge in [-0.05, 0) is 61.3 Å². The lowest BCUT2D eigenvalue weighted by Gasteiger charge is -2.33. The molecule has 0 saturated carbocycles. The van der Waals surface area contributed by atoms with E-state index in [4.69, 9.17) is 4.74 Å². The van der Waals surface area contributed by atoms with E-state index in [-0.39, 0.29) is 29.2 Å². The number of carbonyl (C=O) groups is 2. The van der Waals surface area contributed by atoms with Gasteiger partial charge in [-0.1, -0.05) is 20.8 Å². The molecule has 1 aliphatic heterocycles. The van der Waals surface area contributed by atoms with Crippen LogP contribution in [0.1, 0.15) is 54.9 Å². The first-order chi connectivity index (χ1) is 16.0. The quantitative estimate of drug-likeness (QED) is 0.525. The maximum Gasteiger partial charge on any atom is 0.267 e. The van der Waals surface area contributed by atoms with Crippen molar-refractivity contribution in [2.45, 2.75) is 59.6 Å². The molecule has 3 aromatic rings. The first-order valence-electron chi connectivity index (χ1n) is 11.7. The summed E-state index contributed by atoms with van der Waals surface area (Å²) in [6, 6.07) is 5.03. The Morgan fingerprint density at radius 1 is 1.26 bits per heavy atom. The number of fused-ring (bicyclic) bond motifs is 4. The predicted octanol–water partition coefficient (Wildman–Crippen LogP) is 4.24. The molecular formula is C26H29N3O4S. The normalized spacial score (nSPS) is 20.1. The van der Waals surface area contributed by atoms with Gasteiger partial charge in [0.1, 0.15) is 10.6 Å². The van der Waals surface area contributed by atoms with Gasteiger partial charge in [0.2, 0.25) is 0 Å². The van der Waals surface area contributed by atoms with Crippen molar-refractivity contribution >= 4 is 38.9 Å². The minimum absolute atomic E-state index is 0.106. The Balaban J connectivity index is 1.44. The number of hydrogen-bond donors (Lipinski definition) is 0. The Bertz CT molecular complexity index is 1380. The van der Waals surface area contributed by atoms with Gasteiger partial charge in [0.25, 0.3) is 11.5 Å². The van der Waals surface area contributed by atoms with Crippen LogP contribution in [0.4, 0.5) is 5.69 Å². The van der Waals surface area contributed by atoms with Crippen molar-refractivity contribution in [2.75, 3.05) is 11.9 Å². The lowest BCUT2D eigenvalue weighted by Crippen LogP contribution is -2.42. The van der Waals surface area contributed by atoms with Gasteiger partial charge in [-0.15, -0.1) is 11.3 Å². The number of benzene rings is 1. The van der Waals surface area contributed by atoms with Crippen molar-refractivity contribution in [1.82, 2.24) is 9.55 Å². The van der Waals surface area contributed by atoms with Gasteiger partial charge in [-0.2, -0.15) is 0 Å². The summed E-state index contributed by atoms with van der Waals surface area (Å²) in [4.78, 5) is 46.8. The molecule has 1 amide bonds. The minimum Gasteiger partial charge on any atom is -0.479 e. The first kappa shape index (κ1) is 22.8. The highest BCUT2D eigenvalue weighted by atomic mass is 32.1. The van der Waals surface area contributed by atoms with Crippen LogP contribution in [0.25, 0.3) is 10.2 Å². The minimum atomic E-state index is -0.564. The molecule has 2 unspecified atom stereocenters. The number of anilines is 1. The average Bonchev–Trinajstić information content (AvgIpc) is 3.17. The standard InChI is InChI=1S/C26H29N3O4S/c1-14-24(31)28(5)18-10-15(6-9-20(18)33-14)19(30)12-29-13-27-23-22(25(29)32)17-8-7-16(26(2,3)4)11-21(17)34-23/h6,9-10,13-14,16H,7-8,11-12H2,1-5H3. The molecule has 7 nitrogen and oxygen atoms in total. The first-order valence-corrected chi connectivity index (χ1v) is 12.5. The summed E-state index contributed by atoms with van der Waals surface area (Å²) in [5.41, 5.74) is 2.15. The van der Waals surface area contributed by atoms with E-state index in [1.165, 1.54) is 20.7 Å². The second-order valence-electron chi connectivity index (χ2n) is 10.4. The van der Waals surface area contributed by atoms with Gasteiger partial charge >= 0.3 is 0 Å². The zero-order valence-electron chi connectivity index (χ0n) is 20.2. The van der Waals surface area contributed by atoms with Crippen molar-refractivity contribution in [3.05, 3.63) is 50.9 Å². The highest BCUT2D eigenvalue weighted by molar-refractivity contribution is 7.18. The third kappa shape index (κ3) is 3.74. The van der Waals surface area contributed by atoms with Crippen molar-refractivity contribution in [3.63, 3.8) is 0 Å². The summed E-state index contributed by atoms with van der Waals surface area (Å²) in [6.07, 6.45) is 3.81. The van der Waals surface area contributed by atoms with Gasteiger partial charge < -0.3 is 9.64 Å². The molecule has 0 fully saturated rings. The smallest absolute Gasteiger partial charge is 0.267 e. The summed E-state index contributed by atoms with van der Waals surface area (Å²) in [5, 5.41) is 0.667. The summed E-state index contributed by atoms with van der Waals surface area (Å²) < 4.78 is 7.04. The molecule has 8 heteroatoms. The van der Waals surface area contributed by atoms with Crippen molar-refractivity contribution in [1.29, 1.82) is 0 Å². The summed E-state index contributed by atoms with van der Waals surface area (Å²) >= 11 is 1.61. The van der Waals surface area contributed by atoms with Crippen molar-refractivity contribution < 1.29 is 14.3 Å². The number of aryl methyl sites for hydroxylation is 1. The van der Waals surface area contributed by atoms with Gasteiger partial charge in [0, 0.05) is 17.5 Å². The van der Waals surface area contributed by atoms with E-state index < -0.39 is 6.10 Å². The highest BCUT2D eigenvalue weighted by Crippen LogP contribution is 2.42. The van der Waals surface area contributed by atoms with Gasteiger partial charge in [-0.25, -0.2) is 4.98 Å². The van der Waals surface area contributed by atoms with Crippen LogP contribution in [-0.2, 0) is 24.2 Å². The number of thiophene rings is 1. The lowest BCUT2D eigenvalue weighted by atomic mass is 9.72. The zero-order chi connectivity index (χ0) is 24.4. The van der Waals surface area contributed by atoms with Crippen LogP contribution in [0.2, 0.25) is 0 Å². The van der Waals surface area contributed by atoms with Crippen LogP contribution in [0.5, 0.6) is 5.75 Å². The molecule has 1 aromatic carbocycles. The third-order valence-corrected chi connectivity index (χ3v) is 8.36. The largest absolute Gasteiger partial charge is 0.479 e. The van der Waals surface area contributed by atoms with E-state index in [0.717, 1.165) is 29.7 Å². The Hall–Kier alpha value is -3.00. The van der Waals surface area contributed by atoms with E-state index in [0.29, 0.717) is 28.3 Å². The molecule has 2 atom stereocenters. The van der Waals surface area contributed by atoms with Crippen LogP contribution in [0, 0.1) is 11.3 Å². The molecule has 1 aliphatic carbocycles. The highest BCUT2D eigenvalue weighted by Gasteiger charge is 2.32. The summed E-state index contributed by atoms with van der Waals surface area (Å²) in [5.74, 6) is 0.754. The predicted molar refractivity (Wildman–Crippen MR) is 133 cm³/mol. The SMILES string of the molecule is CC1Oc2ccc(C(=O)Cn3cnc4sc5c(c4c3=O)CCC(C(C)(C)C)C5)cc2N(C)C1=O. The number of Topliss-reactive ketones (excluding diaryl/α,β-unsaturated/α-hetero) is 1. The number of rotatable bonds is 3. The fourth-order valence-corrected chi connectivity index (χ4v) is 6.24. The lowest BCUT2D eigenvalue weighted by molar-refractivity contribution is -0.125. The average molecular weight is 480 g/mol. The molecule has 0 bridgehead atoms. The number of nitrogens with zero attached hydrogens (tertiary/aromatic N) is 3. The fourth-order valence-electron chi connectivity index (χ4n) is 4.98. The summed E-state index contributed by atoms with van der Waals surface area (Å²) in [7, 11) is 1.67. The molecule has 2 aromatic heterocycles. The monoisotopic (exact) mass is 479 g/mol. The Morgan fingerprint density at radius 2 is 2.03 bits per heavy atom. The maximum absolute atomic E-state index is 13.4. The Morgan fingerprint density at radius 3 is 2.76 bits per heavy atom. The second-order valence-corrected chi connectivity index (χ2v) is 11.5. The number of ketones is 1. The number of hydrogen-bond acceptors (Lipinski definition) is 6. The van der Waals surface area contributed by atoms with Gasteiger partial charge in [0.15, 0.2) is 11.9 Å². The molecule has 2 aliphatic rings. The topological polar surface area (TPSA) is 81.5 Å². The molecule has 34 heavy (non-hydrogen) atoms. The Labute approximate surface area is 202 Å². The molecule has 178 valence electrons. The molecular weight excluding hydrogens is 450 g/mol. The van der Waals surface area contributed by atoms with Crippen LogP contribution in [-0.4, -0.2) is 34.4 Å². The molecule has 0 saturated heterocycles. The molecule has 0 radical (unpaired) electrons. The van der Waals surface area contributed by atoms with E-state index in [1.807, 2.05) is 0 Å². The molecule has 0 spiro atoms. The van der Waals surface area contributed by atoms with E-state index >= 15 is 0 Å². The van der Waals surface area contributed by atoms with Crippen LogP contribution in [0.3, 0.4) is 0 Å². The van der Waals surface area contributed by atoms with E-state index in [1.54, 1.807) is 43.5 Å². The fraction of sp³-hybridized carbons (Fsp3) is 0.462. The van der Waals surface area contributed by atoms with Crippen LogP contribution >= 0.6 is 11.3 Å². The number of ether oxygens (including phenoxy) is 1. The molecule has 5 rings (SSSR count). The van der Waals surface area contributed by atoms with Crippen LogP contribution in [0.15, 0.2) is 29.3 Å². The summed E-state index contributed by atoms with van der Waals surface area (Å²) in [6.45, 7) is 8.41. The third-order valence-electron chi connectivity index (χ3n) is 7.20. The molecule has 0 N–H and O–H groups in total. The number of aromatic nitrogens is 2. The van der Waals surface area contributed by atoms with Gasteiger partial charge in [-0.3, -0.25) is 19.0 Å².